The highest BCUT2D eigenvalue weighted by Gasteiger charge is 2.38. The zero-order chi connectivity index (χ0) is 28.6. The Morgan fingerprint density at radius 2 is 1.59 bits per heavy atom. The van der Waals surface area contributed by atoms with Gasteiger partial charge in [0.1, 0.15) is 17.7 Å². The van der Waals surface area contributed by atoms with E-state index in [1.54, 1.807) is 25.7 Å². The van der Waals surface area contributed by atoms with Crippen LogP contribution < -0.4 is 10.6 Å². The normalized spacial score (nSPS) is 13.6. The molecule has 37 heavy (non-hydrogen) atoms. The van der Waals surface area contributed by atoms with Gasteiger partial charge in [0, 0.05) is 12.1 Å². The van der Waals surface area contributed by atoms with Gasteiger partial charge in [0.05, 0.1) is 0 Å². The molecule has 210 valence electrons. The molecule has 7 nitrogen and oxygen atoms in total. The molecule has 0 saturated carbocycles. The molecule has 0 aliphatic heterocycles. The third kappa shape index (κ3) is 11.1. The largest absolute Gasteiger partial charge is 0.444 e. The molecule has 1 aromatic rings. The monoisotopic (exact) mass is 517 g/mol. The van der Waals surface area contributed by atoms with Gasteiger partial charge in [-0.05, 0) is 78.9 Å². The summed E-state index contributed by atoms with van der Waals surface area (Å²) in [5.41, 5.74) is 1.58. The van der Waals surface area contributed by atoms with Gasteiger partial charge in [0.15, 0.2) is 0 Å². The van der Waals surface area contributed by atoms with Gasteiger partial charge in [-0.2, -0.15) is 0 Å². The Bertz CT molecular complexity index is 912. The number of carbonyl (C=O) groups is 3. The van der Waals surface area contributed by atoms with Crippen LogP contribution in [0.15, 0.2) is 18.2 Å². The predicted molar refractivity (Wildman–Crippen MR) is 150 cm³/mol. The number of alkyl carbamates (subject to hydrolysis) is 1. The smallest absolute Gasteiger partial charge is 0.408 e. The molecule has 1 rings (SSSR count). The quantitative estimate of drug-likeness (QED) is 0.341. The van der Waals surface area contributed by atoms with Crippen molar-refractivity contribution in [1.82, 2.24) is 15.5 Å². The van der Waals surface area contributed by atoms with Gasteiger partial charge in [-0.25, -0.2) is 4.79 Å². The molecule has 1 aromatic carbocycles. The number of ether oxygens (including phenoxy) is 1. The maximum atomic E-state index is 14.2. The number of benzene rings is 1. The molecule has 0 aliphatic rings. The minimum Gasteiger partial charge on any atom is -0.444 e. The molecule has 0 fully saturated rings. The van der Waals surface area contributed by atoms with Gasteiger partial charge >= 0.3 is 6.09 Å². The van der Waals surface area contributed by atoms with E-state index in [2.05, 4.69) is 17.6 Å². The lowest BCUT2D eigenvalue weighted by molar-refractivity contribution is -0.144. The summed E-state index contributed by atoms with van der Waals surface area (Å²) in [6.45, 7) is 21.4. The van der Waals surface area contributed by atoms with Crippen molar-refractivity contribution in [3.05, 3.63) is 34.9 Å². The lowest BCUT2D eigenvalue weighted by Crippen LogP contribution is -2.56. The van der Waals surface area contributed by atoms with Crippen LogP contribution in [0.25, 0.3) is 0 Å². The highest BCUT2D eigenvalue weighted by atomic mass is 16.6. The zero-order valence-electron chi connectivity index (χ0n) is 25.1. The molecule has 0 radical (unpaired) electrons. The fourth-order valence-corrected chi connectivity index (χ4v) is 4.15. The van der Waals surface area contributed by atoms with Gasteiger partial charge in [0.2, 0.25) is 11.8 Å². The second-order valence-corrected chi connectivity index (χ2v) is 12.5. The van der Waals surface area contributed by atoms with Crippen molar-refractivity contribution < 1.29 is 19.1 Å². The summed E-state index contributed by atoms with van der Waals surface area (Å²) in [5, 5.41) is 5.89. The number of nitrogens with one attached hydrogen (secondary N) is 2. The summed E-state index contributed by atoms with van der Waals surface area (Å²) in [6.07, 6.45) is 3.18. The van der Waals surface area contributed by atoms with Gasteiger partial charge in [-0.15, -0.1) is 0 Å². The standard InChI is InChI=1S/C30H51N3O4/c1-12-13-14-15-18-33(27(35)24(20(2)3)31-28(36)37-30(9,10)11)25(26(34)32-29(6,7)8)23-19-21(4)16-17-22(23)5/h16-17,19-20,24-25H,12-15,18H2,1-11H3,(H,31,36)(H,32,34). The first kappa shape index (κ1) is 32.5. The topological polar surface area (TPSA) is 87.7 Å². The van der Waals surface area contributed by atoms with Crippen molar-refractivity contribution in [2.24, 2.45) is 5.92 Å². The molecular formula is C30H51N3O4. The van der Waals surface area contributed by atoms with E-state index in [1.807, 2.05) is 66.7 Å². The van der Waals surface area contributed by atoms with Crippen molar-refractivity contribution in [2.75, 3.05) is 6.54 Å². The molecule has 0 aliphatic carbocycles. The Labute approximate surface area is 225 Å². The molecule has 0 aromatic heterocycles. The fraction of sp³-hybridized carbons (Fsp3) is 0.700. The highest BCUT2D eigenvalue weighted by molar-refractivity contribution is 5.92. The summed E-state index contributed by atoms with van der Waals surface area (Å²) in [7, 11) is 0. The van der Waals surface area contributed by atoms with Crippen LogP contribution in [-0.2, 0) is 14.3 Å². The Kier molecular flexibility index (Phi) is 12.1. The zero-order valence-corrected chi connectivity index (χ0v) is 25.1. The van der Waals surface area contributed by atoms with Crippen molar-refractivity contribution >= 4 is 17.9 Å². The van der Waals surface area contributed by atoms with Crippen LogP contribution >= 0.6 is 0 Å². The second-order valence-electron chi connectivity index (χ2n) is 12.5. The number of amides is 3. The third-order valence-electron chi connectivity index (χ3n) is 5.93. The van der Waals surface area contributed by atoms with Crippen LogP contribution in [0.5, 0.6) is 0 Å². The van der Waals surface area contributed by atoms with E-state index in [1.165, 1.54) is 0 Å². The molecule has 3 amide bonds. The van der Waals surface area contributed by atoms with Crippen LogP contribution in [0.4, 0.5) is 4.79 Å². The molecule has 2 unspecified atom stereocenters. The van der Waals surface area contributed by atoms with Crippen LogP contribution in [0.1, 0.15) is 111 Å². The fourth-order valence-electron chi connectivity index (χ4n) is 4.15. The minimum absolute atomic E-state index is 0.205. The maximum absolute atomic E-state index is 14.2. The number of aryl methyl sites for hydroxylation is 2. The SMILES string of the molecule is CCCCCCN(C(=O)C(NC(=O)OC(C)(C)C)C(C)C)C(C(=O)NC(C)(C)C)c1cc(C)ccc1C. The Balaban J connectivity index is 3.58. The van der Waals surface area contributed by atoms with E-state index in [9.17, 15) is 14.4 Å². The van der Waals surface area contributed by atoms with Crippen molar-refractivity contribution in [2.45, 2.75) is 125 Å². The second kappa shape index (κ2) is 13.8. The number of nitrogens with zero attached hydrogens (tertiary/aromatic N) is 1. The number of hydrogen-bond donors (Lipinski definition) is 2. The molecule has 7 heteroatoms. The van der Waals surface area contributed by atoms with Crippen LogP contribution in [0, 0.1) is 19.8 Å². The minimum atomic E-state index is -0.837. The highest BCUT2D eigenvalue weighted by Crippen LogP contribution is 2.29. The van der Waals surface area contributed by atoms with E-state index in [4.69, 9.17) is 4.74 Å². The van der Waals surface area contributed by atoms with E-state index in [0.717, 1.165) is 42.4 Å². The van der Waals surface area contributed by atoms with Gasteiger partial charge < -0.3 is 20.3 Å². The number of unbranched alkanes of at least 4 members (excludes halogenated alkanes) is 3. The number of rotatable bonds is 11. The molecule has 0 heterocycles. The maximum Gasteiger partial charge on any atom is 0.408 e. The summed E-state index contributed by atoms with van der Waals surface area (Å²) < 4.78 is 5.45. The summed E-state index contributed by atoms with van der Waals surface area (Å²) in [5.74, 6) is -0.722. The lowest BCUT2D eigenvalue weighted by Gasteiger charge is -2.37. The van der Waals surface area contributed by atoms with Crippen molar-refractivity contribution in [1.29, 1.82) is 0 Å². The lowest BCUT2D eigenvalue weighted by atomic mass is 9.93. The molecular weight excluding hydrogens is 466 g/mol. The molecule has 0 spiro atoms. The van der Waals surface area contributed by atoms with Gasteiger partial charge in [-0.1, -0.05) is 63.8 Å². The van der Waals surface area contributed by atoms with Crippen LogP contribution in [0.2, 0.25) is 0 Å². The van der Waals surface area contributed by atoms with Gasteiger partial charge in [0.25, 0.3) is 0 Å². The van der Waals surface area contributed by atoms with Crippen molar-refractivity contribution in [3.8, 4) is 0 Å². The summed E-state index contributed by atoms with van der Waals surface area (Å²) in [4.78, 5) is 42.4. The number of hydrogen-bond acceptors (Lipinski definition) is 4. The Hall–Kier alpha value is -2.57. The first-order valence-electron chi connectivity index (χ1n) is 13.7. The average molecular weight is 518 g/mol. The first-order chi connectivity index (χ1) is 17.0. The van der Waals surface area contributed by atoms with Crippen molar-refractivity contribution in [3.63, 3.8) is 0 Å². The Morgan fingerprint density at radius 1 is 0.973 bits per heavy atom. The Morgan fingerprint density at radius 3 is 2.11 bits per heavy atom. The van der Waals surface area contributed by atoms with E-state index in [0.29, 0.717) is 6.54 Å². The molecule has 0 saturated heterocycles. The van der Waals surface area contributed by atoms with Crippen LogP contribution in [0.3, 0.4) is 0 Å². The molecule has 0 bridgehead atoms. The third-order valence-corrected chi connectivity index (χ3v) is 5.93. The van der Waals surface area contributed by atoms with E-state index >= 15 is 0 Å². The number of carbonyl (C=O) groups excluding carboxylic acids is 3. The first-order valence-corrected chi connectivity index (χ1v) is 13.7. The van der Waals surface area contributed by atoms with Crippen LogP contribution in [-0.4, -0.2) is 46.5 Å². The van der Waals surface area contributed by atoms with E-state index < -0.39 is 29.3 Å². The molecule has 2 N–H and O–H groups in total. The van der Waals surface area contributed by atoms with Gasteiger partial charge in [-0.3, -0.25) is 9.59 Å². The predicted octanol–water partition coefficient (Wildman–Crippen LogP) is 6.22. The molecule has 2 atom stereocenters. The summed E-state index contributed by atoms with van der Waals surface area (Å²) in [6, 6.07) is 4.32. The average Bonchev–Trinajstić information content (AvgIpc) is 2.73. The summed E-state index contributed by atoms with van der Waals surface area (Å²) >= 11 is 0. The van der Waals surface area contributed by atoms with E-state index in [-0.39, 0.29) is 17.7 Å².